The maximum Gasteiger partial charge on any atom is 0.410 e. The number of carbonyl (C=O) groups excluding carboxylic acids is 1. The average Bonchev–Trinajstić information content (AvgIpc) is 2.52. The molecule has 5 heteroatoms. The summed E-state index contributed by atoms with van der Waals surface area (Å²) in [6, 6.07) is 3.94. The third-order valence-electron chi connectivity index (χ3n) is 3.89. The SMILES string of the molecule is C=CCOC1(c2cccnc2)CCN(C(=O)OC(C)(C)C)CC1. The van der Waals surface area contributed by atoms with Crippen LogP contribution in [0.1, 0.15) is 39.2 Å². The first kappa shape index (κ1) is 17.5. The van der Waals surface area contributed by atoms with Gasteiger partial charge in [0.15, 0.2) is 0 Å². The van der Waals surface area contributed by atoms with Crippen molar-refractivity contribution in [2.24, 2.45) is 0 Å². The molecule has 0 aromatic carbocycles. The minimum Gasteiger partial charge on any atom is -0.444 e. The number of ether oxygens (including phenoxy) is 2. The molecule has 0 aliphatic carbocycles. The fourth-order valence-electron chi connectivity index (χ4n) is 2.74. The maximum absolute atomic E-state index is 12.2. The topological polar surface area (TPSA) is 51.7 Å². The summed E-state index contributed by atoms with van der Waals surface area (Å²) in [6.45, 7) is 11.0. The smallest absolute Gasteiger partial charge is 0.410 e. The number of pyridine rings is 1. The molecule has 1 aliphatic heterocycles. The fourth-order valence-corrected chi connectivity index (χ4v) is 2.74. The Hall–Kier alpha value is -1.88. The number of rotatable bonds is 4. The van der Waals surface area contributed by atoms with E-state index in [2.05, 4.69) is 11.6 Å². The highest BCUT2D eigenvalue weighted by Crippen LogP contribution is 2.36. The summed E-state index contributed by atoms with van der Waals surface area (Å²) in [6.07, 6.45) is 6.50. The number of hydrogen-bond acceptors (Lipinski definition) is 4. The van der Waals surface area contributed by atoms with Crippen LogP contribution in [0.15, 0.2) is 37.2 Å². The largest absolute Gasteiger partial charge is 0.444 e. The van der Waals surface area contributed by atoms with Gasteiger partial charge in [-0.1, -0.05) is 12.1 Å². The Bertz CT molecular complexity index is 529. The Morgan fingerprint density at radius 3 is 2.65 bits per heavy atom. The second kappa shape index (κ2) is 7.13. The van der Waals surface area contributed by atoms with Gasteiger partial charge in [0.2, 0.25) is 0 Å². The summed E-state index contributed by atoms with van der Waals surface area (Å²) in [4.78, 5) is 18.2. The second-order valence-corrected chi connectivity index (χ2v) is 6.80. The van der Waals surface area contributed by atoms with E-state index in [1.165, 1.54) is 0 Å². The van der Waals surface area contributed by atoms with Gasteiger partial charge in [-0.25, -0.2) is 4.79 Å². The van der Waals surface area contributed by atoms with Crippen molar-refractivity contribution < 1.29 is 14.3 Å². The van der Waals surface area contributed by atoms with Gasteiger partial charge in [0.1, 0.15) is 5.60 Å². The van der Waals surface area contributed by atoms with Crippen LogP contribution in [0.2, 0.25) is 0 Å². The van der Waals surface area contributed by atoms with Crippen LogP contribution in [0.25, 0.3) is 0 Å². The minimum atomic E-state index is -0.478. The van der Waals surface area contributed by atoms with Crippen molar-refractivity contribution in [3.63, 3.8) is 0 Å². The number of nitrogens with zero attached hydrogens (tertiary/aromatic N) is 2. The quantitative estimate of drug-likeness (QED) is 0.797. The van der Waals surface area contributed by atoms with Gasteiger partial charge in [0, 0.05) is 31.0 Å². The van der Waals surface area contributed by atoms with Gasteiger partial charge in [-0.05, 0) is 39.7 Å². The highest BCUT2D eigenvalue weighted by molar-refractivity contribution is 5.68. The van der Waals surface area contributed by atoms with E-state index in [0.717, 1.165) is 5.56 Å². The van der Waals surface area contributed by atoms with Gasteiger partial charge in [-0.2, -0.15) is 0 Å². The Morgan fingerprint density at radius 2 is 2.13 bits per heavy atom. The van der Waals surface area contributed by atoms with E-state index in [4.69, 9.17) is 9.47 Å². The van der Waals surface area contributed by atoms with Gasteiger partial charge in [0.25, 0.3) is 0 Å². The Morgan fingerprint density at radius 1 is 1.43 bits per heavy atom. The molecule has 1 fully saturated rings. The molecule has 1 aliphatic rings. The molecule has 0 atom stereocenters. The molecule has 0 radical (unpaired) electrons. The van der Waals surface area contributed by atoms with E-state index in [9.17, 15) is 4.79 Å². The number of piperidine rings is 1. The lowest BCUT2D eigenvalue weighted by Crippen LogP contribution is -2.48. The zero-order chi connectivity index (χ0) is 16.9. The number of aromatic nitrogens is 1. The normalized spacial score (nSPS) is 17.6. The zero-order valence-electron chi connectivity index (χ0n) is 14.2. The molecule has 1 aromatic heterocycles. The van der Waals surface area contributed by atoms with Crippen molar-refractivity contribution >= 4 is 6.09 Å². The average molecular weight is 318 g/mol. The standard InChI is InChI=1S/C18H26N2O3/c1-5-13-22-18(15-7-6-10-19-14-15)8-11-20(12-9-18)16(21)23-17(2,3)4/h5-7,10,14H,1,8-9,11-13H2,2-4H3. The number of hydrogen-bond donors (Lipinski definition) is 0. The number of likely N-dealkylation sites (tertiary alicyclic amines) is 1. The van der Waals surface area contributed by atoms with Crippen LogP contribution >= 0.6 is 0 Å². The molecular formula is C18H26N2O3. The second-order valence-electron chi connectivity index (χ2n) is 6.80. The Labute approximate surface area is 138 Å². The predicted octanol–water partition coefficient (Wildman–Crippen LogP) is 3.51. The predicted molar refractivity (Wildman–Crippen MR) is 89.1 cm³/mol. The van der Waals surface area contributed by atoms with Crippen LogP contribution in [0.3, 0.4) is 0 Å². The highest BCUT2D eigenvalue weighted by atomic mass is 16.6. The Balaban J connectivity index is 2.08. The van der Waals surface area contributed by atoms with Crippen molar-refractivity contribution in [2.45, 2.75) is 44.8 Å². The molecule has 0 unspecified atom stereocenters. The lowest BCUT2D eigenvalue weighted by Gasteiger charge is -2.41. The van der Waals surface area contributed by atoms with Crippen LogP contribution in [0, 0.1) is 0 Å². The van der Waals surface area contributed by atoms with Gasteiger partial charge in [-0.15, -0.1) is 6.58 Å². The van der Waals surface area contributed by atoms with Crippen LogP contribution < -0.4 is 0 Å². The van der Waals surface area contributed by atoms with Crippen LogP contribution in [0.5, 0.6) is 0 Å². The molecule has 1 amide bonds. The van der Waals surface area contributed by atoms with Gasteiger partial charge < -0.3 is 14.4 Å². The molecule has 126 valence electrons. The molecule has 0 bridgehead atoms. The van der Waals surface area contributed by atoms with Crippen LogP contribution in [-0.4, -0.2) is 41.3 Å². The van der Waals surface area contributed by atoms with Crippen molar-refractivity contribution in [1.29, 1.82) is 0 Å². The minimum absolute atomic E-state index is 0.263. The van der Waals surface area contributed by atoms with E-state index in [1.54, 1.807) is 17.2 Å². The van der Waals surface area contributed by atoms with E-state index < -0.39 is 11.2 Å². The summed E-state index contributed by atoms with van der Waals surface area (Å²) >= 11 is 0. The van der Waals surface area contributed by atoms with Gasteiger partial charge in [-0.3, -0.25) is 4.98 Å². The summed E-state index contributed by atoms with van der Waals surface area (Å²) in [5.41, 5.74) is 0.153. The molecular weight excluding hydrogens is 292 g/mol. The van der Waals surface area contributed by atoms with Crippen molar-refractivity contribution in [2.75, 3.05) is 19.7 Å². The van der Waals surface area contributed by atoms with E-state index in [0.29, 0.717) is 32.5 Å². The zero-order valence-corrected chi connectivity index (χ0v) is 14.2. The summed E-state index contributed by atoms with van der Waals surface area (Å²) in [5.74, 6) is 0. The molecule has 0 N–H and O–H groups in total. The lowest BCUT2D eigenvalue weighted by atomic mass is 9.85. The first-order valence-corrected chi connectivity index (χ1v) is 8.00. The van der Waals surface area contributed by atoms with E-state index in [1.807, 2.05) is 39.1 Å². The molecule has 1 aromatic rings. The van der Waals surface area contributed by atoms with E-state index in [-0.39, 0.29) is 6.09 Å². The maximum atomic E-state index is 12.2. The molecule has 2 rings (SSSR count). The molecule has 5 nitrogen and oxygen atoms in total. The Kier molecular flexibility index (Phi) is 5.42. The number of carbonyl (C=O) groups is 1. The molecule has 1 saturated heterocycles. The summed E-state index contributed by atoms with van der Waals surface area (Å²) < 4.78 is 11.5. The first-order chi connectivity index (χ1) is 10.9. The summed E-state index contributed by atoms with van der Waals surface area (Å²) in [7, 11) is 0. The van der Waals surface area contributed by atoms with Crippen LogP contribution in [-0.2, 0) is 15.1 Å². The van der Waals surface area contributed by atoms with Crippen molar-refractivity contribution in [3.8, 4) is 0 Å². The molecule has 0 spiro atoms. The van der Waals surface area contributed by atoms with Gasteiger partial charge in [0.05, 0.1) is 12.2 Å². The first-order valence-electron chi connectivity index (χ1n) is 8.00. The van der Waals surface area contributed by atoms with E-state index >= 15 is 0 Å². The molecule has 2 heterocycles. The monoisotopic (exact) mass is 318 g/mol. The van der Waals surface area contributed by atoms with Crippen LogP contribution in [0.4, 0.5) is 4.79 Å². The highest BCUT2D eigenvalue weighted by Gasteiger charge is 2.39. The van der Waals surface area contributed by atoms with Crippen molar-refractivity contribution in [3.05, 3.63) is 42.7 Å². The third-order valence-corrected chi connectivity index (χ3v) is 3.89. The number of amides is 1. The third kappa shape index (κ3) is 4.55. The fraction of sp³-hybridized carbons (Fsp3) is 0.556. The summed E-state index contributed by atoms with van der Waals surface area (Å²) in [5, 5.41) is 0. The van der Waals surface area contributed by atoms with Gasteiger partial charge >= 0.3 is 6.09 Å². The molecule has 0 saturated carbocycles. The van der Waals surface area contributed by atoms with Crippen molar-refractivity contribution in [1.82, 2.24) is 9.88 Å². The molecule has 23 heavy (non-hydrogen) atoms. The lowest BCUT2D eigenvalue weighted by molar-refractivity contribution is -0.0798.